The first-order valence-corrected chi connectivity index (χ1v) is 40.0. The van der Waals surface area contributed by atoms with Crippen LogP contribution in [0, 0.1) is 142 Å². The Morgan fingerprint density at radius 3 is 0.908 bits per heavy atom. The Labute approximate surface area is 790 Å². The molecule has 18 heterocycles. The van der Waals surface area contributed by atoms with E-state index in [-0.39, 0.29) is 104 Å². The van der Waals surface area contributed by atoms with Gasteiger partial charge in [0.05, 0.1) is 75.3 Å². The lowest BCUT2D eigenvalue weighted by Gasteiger charge is -2.26. The number of aromatic nitrogens is 21. The first-order chi connectivity index (χ1) is 67.3. The number of fused-ring (bicyclic) bond motifs is 6. The molecule has 24 atom stereocenters. The number of hydrogen-bond acceptors (Lipinski definition) is 53. The number of hydrogen-bond donors (Lipinski definition) is 28. The van der Waals surface area contributed by atoms with Crippen molar-refractivity contribution < 1.29 is 120 Å². The monoisotopic (exact) mass is 1960 g/mol. The summed E-state index contributed by atoms with van der Waals surface area (Å²) < 4.78 is 39.6. The van der Waals surface area contributed by atoms with Gasteiger partial charge in [-0.25, -0.2) is 52.0 Å². The van der Waals surface area contributed by atoms with Crippen molar-refractivity contribution >= 4 is 80.6 Å². The lowest BCUT2D eigenvalue weighted by atomic mass is 9.89. The van der Waals surface area contributed by atoms with E-state index in [0.29, 0.717) is 11.0 Å². The second-order valence-electron chi connectivity index (χ2n) is 31.5. The number of nitrogen functional groups attached to an aromatic ring is 8. The fourth-order valence-corrected chi connectivity index (χ4v) is 16.4. The minimum atomic E-state index is -2.22. The van der Waals surface area contributed by atoms with E-state index in [1.54, 1.807) is 30.3 Å². The van der Waals surface area contributed by atoms with E-state index in [0.717, 1.165) is 30.6 Å². The van der Waals surface area contributed by atoms with Crippen molar-refractivity contribution in [1.29, 1.82) is 31.6 Å². The van der Waals surface area contributed by atoms with Gasteiger partial charge in [0, 0.05) is 0 Å². The number of terminal acetylenes is 6. The smallest absolute Gasteiger partial charge is 0.295 e. The summed E-state index contributed by atoms with van der Waals surface area (Å²) in [5.74, 6) is 11.9. The molecule has 6 aliphatic heterocycles. The number of nitrogens with one attached hydrogen (secondary N) is 2. The highest BCUT2D eigenvalue weighted by molar-refractivity contribution is 5.69. The number of nitrogens with zero attached hydrogens (tertiary/aromatic N) is 25. The molecule has 12 aromatic heterocycles. The first-order valence-electron chi connectivity index (χ1n) is 40.0. The number of imidazole rings is 3. The Morgan fingerprint density at radius 1 is 0.310 bits per heavy atom. The van der Waals surface area contributed by atoms with E-state index in [1.807, 2.05) is 12.1 Å². The number of ether oxygens (including phenoxy) is 6. The van der Waals surface area contributed by atoms with Crippen LogP contribution in [0.2, 0.25) is 0 Å². The number of aliphatic hydroxyl groups is 18. The molecule has 6 fully saturated rings. The van der Waals surface area contributed by atoms with Gasteiger partial charge in [-0.3, -0.25) is 19.6 Å². The zero-order valence-corrected chi connectivity index (χ0v) is 72.1. The largest absolute Gasteiger partial charge is 0.392 e. The van der Waals surface area contributed by atoms with Crippen LogP contribution in [0.15, 0.2) is 77.2 Å². The van der Waals surface area contributed by atoms with E-state index in [4.69, 9.17) is 113 Å². The van der Waals surface area contributed by atoms with Gasteiger partial charge in [0.25, 0.3) is 11.1 Å². The fourth-order valence-electron chi connectivity index (χ4n) is 16.4. The summed E-state index contributed by atoms with van der Waals surface area (Å²) in [7, 11) is 0. The van der Waals surface area contributed by atoms with Gasteiger partial charge in [0.15, 0.2) is 68.2 Å². The first kappa shape index (κ1) is 102. The van der Waals surface area contributed by atoms with Gasteiger partial charge in [-0.05, 0) is 36.4 Å². The summed E-state index contributed by atoms with van der Waals surface area (Å²) in [6.07, 6.45) is 16.7. The summed E-state index contributed by atoms with van der Waals surface area (Å²) in [4.78, 5) is 55.2. The van der Waals surface area contributed by atoms with Crippen molar-refractivity contribution in [3.63, 3.8) is 0 Å². The molecule has 6 aliphatic rings. The summed E-state index contributed by atoms with van der Waals surface area (Å²) in [5, 5.41) is 262. The highest BCUT2D eigenvalue weighted by Gasteiger charge is 2.71. The molecule has 61 heteroatoms. The van der Waals surface area contributed by atoms with Gasteiger partial charge in [-0.15, -0.1) is 58.9 Å². The third-order valence-corrected chi connectivity index (χ3v) is 24.1. The summed E-state index contributed by atoms with van der Waals surface area (Å²) in [6.45, 7) is -4.86. The minimum absolute atomic E-state index is 0.00113. The molecule has 732 valence electrons. The minimum Gasteiger partial charge on any atom is -0.392 e. The van der Waals surface area contributed by atoms with Crippen LogP contribution in [0.25, 0.3) is 33.5 Å². The normalized spacial score (nSPS) is 32.8. The molecule has 61 nitrogen and oxygen atoms in total. The van der Waals surface area contributed by atoms with Crippen molar-refractivity contribution in [2.24, 2.45) is 0 Å². The second kappa shape index (κ2) is 37.0. The number of aromatic amines is 2. The van der Waals surface area contributed by atoms with E-state index >= 15 is 0 Å². The van der Waals surface area contributed by atoms with Gasteiger partial charge in [0.1, 0.15) is 156 Å². The summed E-state index contributed by atoms with van der Waals surface area (Å²) >= 11 is 0. The molecule has 0 aromatic carbocycles. The molecule has 0 spiro atoms. The van der Waals surface area contributed by atoms with Gasteiger partial charge >= 0.3 is 0 Å². The van der Waals surface area contributed by atoms with Crippen LogP contribution in [0.3, 0.4) is 0 Å². The highest BCUT2D eigenvalue weighted by Crippen LogP contribution is 2.52. The maximum Gasteiger partial charge on any atom is 0.295 e. The second-order valence-corrected chi connectivity index (χ2v) is 31.5. The standard InChI is InChI=1S/C14H14N6O4.C14H13N5O5.C14H13N5O4.C13H13N7O4.C13H12N6O5.C13H12N6O4/c1-2-13(6-21)9(22)10(23)14(5-15,24-13)8-4-3-7-11(16)18-12(17)19-20(7)8;1-2-13(6-20)9(21)10(22)14(5-15,24-13)8-4-3-7-11(23)17-12(16)18-19(7)8;1-2-13(6-20)10(21)11(22)14(5-15,23-13)9-4-3-8-12(16)17-7-18-19(8)9;1-2-12(5-21)7(22)8(23)13(4-14,24-12)6-3-17-10-9(15)18-11(16)19-20(6)10;1-2-12(5-20)7(21)8(22)13(4-14,24-12)6-3-16-9-10(23)17-11(15)18-19(6)9;1-2-12(5-20)8(21)9(22)13(4-14,23-12)7-3-16-11-10(15)17-6-18-19(7)11/h1,3-4,9-10,21-23H,6H2,(H4,16,17,18,19);1,3-4,9-10,20-22H,6H2,(H3,16,17,18,23);1,3-4,7,10-11,20-22H,6H2,(H2,16,17,18);1,3,7-8,21-23H,5H2,(H4,15,16,18,19);1,3,7-8,20-22H,5H2,(H3,15,17,18,23);1,3,6,8-9,20-22H,5H2,(H2,15,17,18)/t2*9?,10-,13+,14-;10?,11-,13+,14-;2*7?,8-,12+,13-;8?,9-,12+,13-/m000000/s1. The Balaban J connectivity index is 0.000000143. The van der Waals surface area contributed by atoms with Gasteiger partial charge in [0.2, 0.25) is 63.0 Å². The van der Waals surface area contributed by atoms with Crippen molar-refractivity contribution in [1.82, 2.24) is 103 Å². The summed E-state index contributed by atoms with van der Waals surface area (Å²) in [6, 6.07) is 19.3. The average molecular weight is 1960 g/mol. The van der Waals surface area contributed by atoms with Crippen molar-refractivity contribution in [3.8, 4) is 110 Å². The molecule has 0 radical (unpaired) electrons. The average Bonchev–Trinajstić information content (AvgIpc) is 1.57. The molecule has 0 bridgehead atoms. The molecule has 142 heavy (non-hydrogen) atoms. The van der Waals surface area contributed by atoms with Crippen molar-refractivity contribution in [3.05, 3.63) is 123 Å². The lowest BCUT2D eigenvalue weighted by molar-refractivity contribution is -0.101. The van der Waals surface area contributed by atoms with Gasteiger partial charge < -0.3 is 166 Å². The molecule has 6 unspecified atom stereocenters. The van der Waals surface area contributed by atoms with Crippen LogP contribution < -0.4 is 57.0 Å². The number of anilines is 8. The Hall–Kier alpha value is -17.1. The molecule has 18 rings (SSSR count). The third kappa shape index (κ3) is 14.8. The number of rotatable bonds is 12. The Morgan fingerprint density at radius 2 is 0.570 bits per heavy atom. The molecule has 0 saturated carbocycles. The van der Waals surface area contributed by atoms with Crippen LogP contribution in [0.5, 0.6) is 0 Å². The topological polar surface area (TPSA) is 1030 Å². The molecule has 36 N–H and O–H groups in total. The van der Waals surface area contributed by atoms with Crippen molar-refractivity contribution in [2.75, 3.05) is 85.5 Å². The van der Waals surface area contributed by atoms with E-state index in [2.05, 4.69) is 111 Å². The molecular weight excluding hydrogens is 1880 g/mol. The van der Waals surface area contributed by atoms with Crippen LogP contribution >= 0.6 is 0 Å². The molecular formula is C81H77N35O26. The molecule has 12 aromatic rings. The van der Waals surface area contributed by atoms with Crippen LogP contribution in [-0.4, -0.2) is 341 Å². The fraction of sp³-hybridized carbons (Fsp3) is 0.370. The molecule has 0 aliphatic carbocycles. The maximum atomic E-state index is 11.9. The summed E-state index contributed by atoms with van der Waals surface area (Å²) in [5.41, 5.74) is 19.9. The van der Waals surface area contributed by atoms with E-state index < -0.39 is 191 Å². The van der Waals surface area contributed by atoms with Gasteiger partial charge in [-0.1, -0.05) is 35.5 Å². The number of nitrogens with two attached hydrogens (primary N) is 8. The molecule has 0 amide bonds. The lowest BCUT2D eigenvalue weighted by Crippen LogP contribution is -2.45. The highest BCUT2D eigenvalue weighted by atomic mass is 16.6. The predicted octanol–water partition coefficient (Wildman–Crippen LogP) is -15.2. The number of H-pyrrole nitrogens is 2. The van der Waals surface area contributed by atoms with Gasteiger partial charge in [-0.2, -0.15) is 51.7 Å². The SMILES string of the molecule is C#C[C@]1(CO)O[C@@](C#N)(c2ccc3c(=O)[nH]c(N)nn23)[C@@H](O)C1O.C#C[C@]1(CO)O[C@@](C#N)(c2ccc3c(N)nc(N)nn23)[C@@H](O)C1O.C#C[C@]1(CO)O[C@@](C#N)(c2ccc3c(N)ncnn23)[C@@H](O)C1O.C#C[C@]1(CO)O[C@@](C#N)(c2cnc3c(=O)[nH]c(N)nn23)[C@@H](O)C1O.C#C[C@]1(CO)O[C@@](C#N)(c2cnc3c(N)nc(N)nn23)[C@@H](O)C1O.C#C[C@]1(CO)O[C@@](C#N)(c2cnc3c(N)ncnn23)[C@@H](O)C1O. The maximum absolute atomic E-state index is 11.9. The zero-order chi connectivity index (χ0) is 104. The van der Waals surface area contributed by atoms with E-state index in [9.17, 15) is 133 Å². The van der Waals surface area contributed by atoms with Crippen LogP contribution in [0.4, 0.5) is 47.1 Å². The van der Waals surface area contributed by atoms with Crippen molar-refractivity contribution in [2.45, 2.75) is 140 Å². The van der Waals surface area contributed by atoms with Crippen LogP contribution in [0.1, 0.15) is 34.2 Å². The third-order valence-electron chi connectivity index (χ3n) is 24.1. The van der Waals surface area contributed by atoms with E-state index in [1.165, 1.54) is 58.1 Å². The number of aliphatic hydroxyl groups excluding tert-OH is 18. The predicted molar refractivity (Wildman–Crippen MR) is 466 cm³/mol. The van der Waals surface area contributed by atoms with Crippen LogP contribution in [-0.2, 0) is 62.0 Å². The Bertz CT molecular complexity index is 7270. The quantitative estimate of drug-likeness (QED) is 0.0505. The molecule has 6 saturated heterocycles. The zero-order valence-electron chi connectivity index (χ0n) is 72.1. The Kier molecular flexibility index (Phi) is 26.6. The number of nitriles is 6.